The molecule has 0 saturated carbocycles. The van der Waals surface area contributed by atoms with Crippen molar-refractivity contribution in [1.29, 1.82) is 5.26 Å². The molecule has 1 aliphatic heterocycles. The molecule has 3 rings (SSSR count). The van der Waals surface area contributed by atoms with Crippen LogP contribution in [0.3, 0.4) is 0 Å². The number of imide groups is 1. The van der Waals surface area contributed by atoms with Gasteiger partial charge in [0.05, 0.1) is 40.7 Å². The van der Waals surface area contributed by atoms with E-state index in [9.17, 15) is 27.6 Å². The predicted molar refractivity (Wildman–Crippen MR) is 113 cm³/mol. The van der Waals surface area contributed by atoms with E-state index in [0.717, 1.165) is 24.1 Å². The minimum absolute atomic E-state index is 0.0910. The van der Waals surface area contributed by atoms with Crippen molar-refractivity contribution in [3.05, 3.63) is 52.5 Å². The number of alkyl halides is 3. The summed E-state index contributed by atoms with van der Waals surface area (Å²) in [5.74, 6) is -0.789. The average molecular weight is 481 g/mol. The van der Waals surface area contributed by atoms with Crippen molar-refractivity contribution in [2.24, 2.45) is 0 Å². The average Bonchev–Trinajstić information content (AvgIpc) is 2.92. The van der Waals surface area contributed by atoms with Crippen LogP contribution < -0.4 is 15.1 Å². The standard InChI is InChI=1S/C21H16ClF3N4O4/c1-20(2)17(30)28(12-5-4-11(10-26)14(8-12)21(23,24)25)19(32)29(20)13-6-7-15(22)16(9-13)27-18(31)33-3/h4-9H,1-3H3,(H,27,31). The third-order valence-electron chi connectivity index (χ3n) is 4.99. The van der Waals surface area contributed by atoms with Crippen molar-refractivity contribution in [2.75, 3.05) is 22.2 Å². The second-order valence-corrected chi connectivity index (χ2v) is 7.84. The fourth-order valence-corrected chi connectivity index (χ4v) is 3.53. The Morgan fingerprint density at radius 2 is 1.79 bits per heavy atom. The van der Waals surface area contributed by atoms with Gasteiger partial charge in [0, 0.05) is 5.69 Å². The molecular formula is C21H16ClF3N4O4. The van der Waals surface area contributed by atoms with E-state index >= 15 is 0 Å². The molecule has 0 aromatic heterocycles. The van der Waals surface area contributed by atoms with E-state index in [1.807, 2.05) is 0 Å². The molecule has 4 amide bonds. The fourth-order valence-electron chi connectivity index (χ4n) is 3.37. The van der Waals surface area contributed by atoms with Gasteiger partial charge in [-0.05, 0) is 50.2 Å². The maximum absolute atomic E-state index is 13.4. The Morgan fingerprint density at radius 1 is 1.15 bits per heavy atom. The molecule has 1 aliphatic rings. The van der Waals surface area contributed by atoms with Gasteiger partial charge in [-0.3, -0.25) is 15.0 Å². The molecule has 1 saturated heterocycles. The predicted octanol–water partition coefficient (Wildman–Crippen LogP) is 5.16. The summed E-state index contributed by atoms with van der Waals surface area (Å²) in [6, 6.07) is 7.22. The van der Waals surface area contributed by atoms with Crippen LogP contribution in [-0.2, 0) is 15.7 Å². The topological polar surface area (TPSA) is 103 Å². The Labute approximate surface area is 191 Å². The van der Waals surface area contributed by atoms with E-state index in [1.54, 1.807) is 0 Å². The number of nitriles is 1. The van der Waals surface area contributed by atoms with E-state index in [4.69, 9.17) is 16.9 Å². The van der Waals surface area contributed by atoms with E-state index in [1.165, 1.54) is 38.1 Å². The highest BCUT2D eigenvalue weighted by atomic mass is 35.5. The van der Waals surface area contributed by atoms with Crippen LogP contribution in [0.1, 0.15) is 25.0 Å². The minimum atomic E-state index is -4.87. The zero-order valence-electron chi connectivity index (χ0n) is 17.5. The Morgan fingerprint density at radius 3 is 2.36 bits per heavy atom. The lowest BCUT2D eigenvalue weighted by molar-refractivity contribution is -0.137. The van der Waals surface area contributed by atoms with Gasteiger partial charge in [0.2, 0.25) is 0 Å². The van der Waals surface area contributed by atoms with Crippen LogP contribution in [0, 0.1) is 11.3 Å². The van der Waals surface area contributed by atoms with Gasteiger partial charge >= 0.3 is 18.3 Å². The third kappa shape index (κ3) is 4.17. The molecule has 172 valence electrons. The second-order valence-electron chi connectivity index (χ2n) is 7.44. The van der Waals surface area contributed by atoms with Crippen LogP contribution in [0.5, 0.6) is 0 Å². The normalized spacial score (nSPS) is 15.5. The number of amides is 4. The maximum Gasteiger partial charge on any atom is 0.417 e. The number of carbonyl (C=O) groups is 3. The molecule has 0 atom stereocenters. The molecule has 0 radical (unpaired) electrons. The summed E-state index contributed by atoms with van der Waals surface area (Å²) in [6.45, 7) is 2.84. The second kappa shape index (κ2) is 8.29. The highest BCUT2D eigenvalue weighted by molar-refractivity contribution is 6.34. The van der Waals surface area contributed by atoms with Crippen molar-refractivity contribution in [1.82, 2.24) is 0 Å². The summed E-state index contributed by atoms with van der Waals surface area (Å²) < 4.78 is 44.7. The molecule has 0 bridgehead atoms. The van der Waals surface area contributed by atoms with Gasteiger partial charge in [0.1, 0.15) is 5.54 Å². The number of ether oxygens (including phenoxy) is 1. The van der Waals surface area contributed by atoms with Gasteiger partial charge in [0.25, 0.3) is 5.91 Å². The first-order valence-electron chi connectivity index (χ1n) is 9.27. The molecule has 8 nitrogen and oxygen atoms in total. The van der Waals surface area contributed by atoms with Crippen LogP contribution in [0.25, 0.3) is 0 Å². The smallest absolute Gasteiger partial charge is 0.417 e. The summed E-state index contributed by atoms with van der Waals surface area (Å²) in [4.78, 5) is 39.6. The van der Waals surface area contributed by atoms with Crippen LogP contribution >= 0.6 is 11.6 Å². The first kappa shape index (κ1) is 23.9. The van der Waals surface area contributed by atoms with Gasteiger partial charge < -0.3 is 4.74 Å². The number of nitrogens with one attached hydrogen (secondary N) is 1. The van der Waals surface area contributed by atoms with E-state index in [-0.39, 0.29) is 22.1 Å². The third-order valence-corrected chi connectivity index (χ3v) is 5.32. The number of methoxy groups -OCH3 is 1. The molecule has 1 fully saturated rings. The molecule has 1 N–H and O–H groups in total. The van der Waals surface area contributed by atoms with Crippen LogP contribution in [0.4, 0.5) is 39.8 Å². The zero-order valence-corrected chi connectivity index (χ0v) is 18.2. The highest BCUT2D eigenvalue weighted by Crippen LogP contribution is 2.40. The van der Waals surface area contributed by atoms with E-state index in [2.05, 4.69) is 10.1 Å². The largest absolute Gasteiger partial charge is 0.453 e. The number of carbonyl (C=O) groups excluding carboxylic acids is 3. The Bertz CT molecular complexity index is 1210. The quantitative estimate of drug-likeness (QED) is 0.611. The van der Waals surface area contributed by atoms with E-state index < -0.39 is 40.9 Å². The van der Waals surface area contributed by atoms with Crippen LogP contribution in [-0.4, -0.2) is 30.7 Å². The lowest BCUT2D eigenvalue weighted by Gasteiger charge is -2.28. The molecule has 12 heteroatoms. The minimum Gasteiger partial charge on any atom is -0.453 e. The number of rotatable bonds is 3. The molecule has 1 heterocycles. The monoisotopic (exact) mass is 480 g/mol. The summed E-state index contributed by atoms with van der Waals surface area (Å²) >= 11 is 6.07. The maximum atomic E-state index is 13.4. The van der Waals surface area contributed by atoms with Crippen molar-refractivity contribution in [2.45, 2.75) is 25.6 Å². The van der Waals surface area contributed by atoms with Gasteiger partial charge in [-0.2, -0.15) is 18.4 Å². The number of halogens is 4. The molecule has 0 unspecified atom stereocenters. The van der Waals surface area contributed by atoms with E-state index in [0.29, 0.717) is 11.0 Å². The van der Waals surface area contributed by atoms with Crippen LogP contribution in [0.15, 0.2) is 36.4 Å². The first-order chi connectivity index (χ1) is 15.3. The molecule has 0 aliphatic carbocycles. The van der Waals surface area contributed by atoms with Crippen molar-refractivity contribution in [3.8, 4) is 6.07 Å². The molecule has 2 aromatic rings. The lowest BCUT2D eigenvalue weighted by atomic mass is 10.0. The van der Waals surface area contributed by atoms with Gasteiger partial charge in [-0.15, -0.1) is 0 Å². The van der Waals surface area contributed by atoms with Crippen molar-refractivity contribution >= 4 is 46.7 Å². The summed E-state index contributed by atoms with van der Waals surface area (Å²) in [6.07, 6.45) is -5.69. The van der Waals surface area contributed by atoms with Gasteiger partial charge in [-0.25, -0.2) is 14.5 Å². The number of anilines is 3. The molecule has 0 spiro atoms. The summed E-state index contributed by atoms with van der Waals surface area (Å²) in [7, 11) is 1.14. The molecular weight excluding hydrogens is 465 g/mol. The van der Waals surface area contributed by atoms with Crippen molar-refractivity contribution in [3.63, 3.8) is 0 Å². The fraction of sp³-hybridized carbons (Fsp3) is 0.238. The number of hydrogen-bond donors (Lipinski definition) is 1. The highest BCUT2D eigenvalue weighted by Gasteiger charge is 2.53. The van der Waals surface area contributed by atoms with Crippen molar-refractivity contribution < 1.29 is 32.3 Å². The molecule has 2 aromatic carbocycles. The zero-order chi connectivity index (χ0) is 24.7. The molecule has 33 heavy (non-hydrogen) atoms. The summed E-state index contributed by atoms with van der Waals surface area (Å²) in [5, 5.41) is 11.5. The summed E-state index contributed by atoms with van der Waals surface area (Å²) in [5.41, 5.74) is -3.50. The van der Waals surface area contributed by atoms with Gasteiger partial charge in [0.15, 0.2) is 0 Å². The van der Waals surface area contributed by atoms with Gasteiger partial charge in [-0.1, -0.05) is 11.6 Å². The Balaban J connectivity index is 2.09. The van der Waals surface area contributed by atoms with Crippen LogP contribution in [0.2, 0.25) is 5.02 Å². The first-order valence-corrected chi connectivity index (χ1v) is 9.65. The number of hydrogen-bond acceptors (Lipinski definition) is 5. The SMILES string of the molecule is COC(=O)Nc1cc(N2C(=O)N(c3ccc(C#N)c(C(F)(F)F)c3)C(=O)C2(C)C)ccc1Cl. The number of benzene rings is 2. The number of nitrogens with zero attached hydrogens (tertiary/aromatic N) is 3. The Kier molecular flexibility index (Phi) is 6.00. The number of urea groups is 1. The lowest BCUT2D eigenvalue weighted by Crippen LogP contribution is -2.44. The Hall–Kier alpha value is -3.78.